The van der Waals surface area contributed by atoms with Gasteiger partial charge in [0.05, 0.1) is 93.4 Å². The summed E-state index contributed by atoms with van der Waals surface area (Å²) in [6.45, 7) is 26.4. The van der Waals surface area contributed by atoms with Gasteiger partial charge in [0.25, 0.3) is 0 Å². The second-order valence-corrected chi connectivity index (χ2v) is 26.8. The van der Waals surface area contributed by atoms with Crippen molar-refractivity contribution in [3.63, 3.8) is 0 Å². The third kappa shape index (κ3) is 14.5. The molecule has 15 heterocycles. The van der Waals surface area contributed by atoms with Gasteiger partial charge < -0.3 is 59.1 Å². The number of anilines is 6. The van der Waals surface area contributed by atoms with E-state index in [4.69, 9.17) is 28.4 Å². The summed E-state index contributed by atoms with van der Waals surface area (Å²) >= 11 is 0. The molecule has 30 heteroatoms. The molecule has 9 aromatic rings. The van der Waals surface area contributed by atoms with E-state index in [1.165, 1.54) is 19.0 Å². The number of rotatable bonds is 9. The quantitative estimate of drug-likeness (QED) is 0.114. The number of aromatic nitrogens is 15. The maximum Gasteiger partial charge on any atom is 0.410 e. The highest BCUT2D eigenvalue weighted by atomic mass is 16.6. The smallest absolute Gasteiger partial charge is 0.410 e. The molecule has 6 aliphatic heterocycles. The van der Waals surface area contributed by atoms with Crippen LogP contribution in [0.3, 0.4) is 0 Å². The lowest BCUT2D eigenvalue weighted by Gasteiger charge is -2.24. The Morgan fingerprint density at radius 3 is 1.25 bits per heavy atom. The van der Waals surface area contributed by atoms with E-state index in [0.29, 0.717) is 84.6 Å². The zero-order valence-corrected chi connectivity index (χ0v) is 53.9. The molecule has 0 spiro atoms. The Bertz CT molecular complexity index is 3970. The summed E-state index contributed by atoms with van der Waals surface area (Å²) in [5.41, 5.74) is 10.4. The monoisotopic (exact) mass is 1270 g/mol. The van der Waals surface area contributed by atoms with Crippen molar-refractivity contribution in [1.82, 2.24) is 87.8 Å². The minimum absolute atomic E-state index is 0.199. The normalized spacial score (nSPS) is 18.1. The predicted octanol–water partition coefficient (Wildman–Crippen LogP) is 8.68. The number of amides is 3. The van der Waals surface area contributed by atoms with E-state index >= 15 is 0 Å². The second-order valence-electron chi connectivity index (χ2n) is 26.8. The van der Waals surface area contributed by atoms with Crippen LogP contribution in [0.25, 0.3) is 22.5 Å². The Balaban J connectivity index is 0.000000127. The van der Waals surface area contributed by atoms with Crippen molar-refractivity contribution < 1.29 is 42.8 Å². The number of pyridine rings is 3. The number of carbonyl (C=O) groups is 3. The number of nitrogens with zero attached hydrogens (tertiary/aromatic N) is 18. The van der Waals surface area contributed by atoms with Crippen molar-refractivity contribution in [1.29, 1.82) is 0 Å². The molecule has 0 saturated carbocycles. The largest absolute Gasteiger partial charge is 0.444 e. The van der Waals surface area contributed by atoms with Crippen molar-refractivity contribution in [2.45, 2.75) is 143 Å². The lowest BCUT2D eigenvalue weighted by molar-refractivity contribution is 0.0282. The van der Waals surface area contributed by atoms with Crippen LogP contribution in [-0.2, 0) is 67.9 Å². The van der Waals surface area contributed by atoms with Crippen LogP contribution in [0, 0.1) is 0 Å². The van der Waals surface area contributed by atoms with E-state index in [1.54, 1.807) is 28.2 Å². The first-order valence-electron chi connectivity index (χ1n) is 31.4. The summed E-state index contributed by atoms with van der Waals surface area (Å²) in [4.78, 5) is 55.7. The highest BCUT2D eigenvalue weighted by molar-refractivity contribution is 5.82. The molecule has 490 valence electrons. The van der Waals surface area contributed by atoms with Crippen molar-refractivity contribution in [2.24, 2.45) is 0 Å². The van der Waals surface area contributed by atoms with Gasteiger partial charge in [0.15, 0.2) is 34.4 Å². The minimum atomic E-state index is -0.522. The Kier molecular flexibility index (Phi) is 17.0. The second kappa shape index (κ2) is 25.4. The van der Waals surface area contributed by atoms with Crippen LogP contribution in [0.1, 0.15) is 121 Å². The first-order valence-corrected chi connectivity index (χ1v) is 31.4. The number of hydrogen-bond donors (Lipinski definition) is 3. The topological polar surface area (TPSA) is 296 Å². The fraction of sp³-hybridized carbons (Fsp3) is 0.492. The summed E-state index contributed by atoms with van der Waals surface area (Å²) in [7, 11) is 0. The molecule has 30 nitrogen and oxygen atoms in total. The molecule has 15 rings (SSSR count). The Morgan fingerprint density at radius 1 is 0.484 bits per heavy atom. The number of hydrogen-bond acceptors (Lipinski definition) is 21. The Morgan fingerprint density at radius 2 is 0.860 bits per heavy atom. The molecule has 93 heavy (non-hydrogen) atoms. The van der Waals surface area contributed by atoms with E-state index in [0.717, 1.165) is 118 Å². The molecular formula is C63H79N21O9. The zero-order chi connectivity index (χ0) is 64.8. The van der Waals surface area contributed by atoms with Gasteiger partial charge in [-0.1, -0.05) is 6.08 Å². The van der Waals surface area contributed by atoms with Crippen LogP contribution >= 0.6 is 0 Å². The molecule has 0 bridgehead atoms. The van der Waals surface area contributed by atoms with Crippen molar-refractivity contribution >= 4 is 75.3 Å². The molecule has 0 unspecified atom stereocenters. The van der Waals surface area contributed by atoms with Crippen LogP contribution in [0.15, 0.2) is 80.0 Å². The van der Waals surface area contributed by atoms with E-state index in [2.05, 4.69) is 73.6 Å². The van der Waals surface area contributed by atoms with Crippen LogP contribution in [0.2, 0.25) is 0 Å². The van der Waals surface area contributed by atoms with Gasteiger partial charge in [0.1, 0.15) is 35.8 Å². The third-order valence-electron chi connectivity index (χ3n) is 16.2. The van der Waals surface area contributed by atoms with Crippen molar-refractivity contribution in [3.05, 3.63) is 114 Å². The van der Waals surface area contributed by atoms with E-state index in [1.807, 2.05) is 125 Å². The van der Waals surface area contributed by atoms with E-state index in [9.17, 15) is 14.4 Å². The molecule has 2 fully saturated rings. The maximum atomic E-state index is 12.5. The number of likely N-dealkylation sites (tertiary alicyclic amines) is 2. The number of fused-ring (bicyclic) bond motifs is 6. The van der Waals surface area contributed by atoms with Gasteiger partial charge in [-0.05, 0) is 116 Å². The molecule has 6 aliphatic rings. The molecule has 0 aliphatic carbocycles. The van der Waals surface area contributed by atoms with Gasteiger partial charge in [-0.3, -0.25) is 14.0 Å². The average Bonchev–Trinajstić information content (AvgIpc) is 1.90. The summed E-state index contributed by atoms with van der Waals surface area (Å²) in [6, 6.07) is 12.2. The first-order chi connectivity index (χ1) is 44.6. The summed E-state index contributed by atoms with van der Waals surface area (Å²) in [5.74, 6) is 2.64. The van der Waals surface area contributed by atoms with Gasteiger partial charge in [-0.15, -0.1) is 0 Å². The van der Waals surface area contributed by atoms with Gasteiger partial charge in [-0.2, -0.15) is 30.6 Å². The van der Waals surface area contributed by atoms with Crippen molar-refractivity contribution in [3.8, 4) is 0 Å². The standard InChI is InChI=1S/2C21H27N7O3.C21H25N7O3/c3*1-21(2,3)31-20(29)26-5-4-14(10-26)15-8-17(19-22-13-23-28(19)11-15)24-18-9-16-12-30-7-6-27(16)25-18/h2*8-9,11,13-14H,4-7,10,12H2,1-3H3,(H,24,25);4,8-9,11,13H,5-7,10,12H2,1-3H3,(H,24,25)/t2*14-;/m10./s1. The summed E-state index contributed by atoms with van der Waals surface area (Å²) in [5, 5.41) is 37.0. The summed E-state index contributed by atoms with van der Waals surface area (Å²) < 4.78 is 44.2. The lowest BCUT2D eigenvalue weighted by Crippen LogP contribution is -2.35. The number of ether oxygens (including phenoxy) is 6. The molecule has 2 saturated heterocycles. The lowest BCUT2D eigenvalue weighted by atomic mass is 10.00. The molecule has 0 radical (unpaired) electrons. The molecule has 3 amide bonds. The molecule has 0 aromatic carbocycles. The van der Waals surface area contributed by atoms with E-state index < -0.39 is 16.8 Å². The highest BCUT2D eigenvalue weighted by Gasteiger charge is 2.34. The number of nitrogens with one attached hydrogen (secondary N) is 3. The SMILES string of the molecule is CC(C)(C)OC(=O)N1CC=C(c2cc(Nc3cc4n(n3)CCOC4)c3ncnn3c2)C1.CC(C)(C)OC(=O)N1CC[C@@H](c2cc(Nc3cc4n(n3)CCOC4)c3ncnn3c2)C1.CC(C)(C)OC(=O)N1CC[C@H](c2cc(Nc3cc4n(n3)CCOC4)c3ncnn3c2)C1. The fourth-order valence-corrected chi connectivity index (χ4v) is 11.9. The molecule has 9 aromatic heterocycles. The fourth-order valence-electron chi connectivity index (χ4n) is 11.9. The van der Waals surface area contributed by atoms with Gasteiger partial charge in [-0.25, -0.2) is 42.9 Å². The van der Waals surface area contributed by atoms with Crippen LogP contribution in [0.4, 0.5) is 48.9 Å². The number of carbonyl (C=O) groups excluding carboxylic acids is 3. The first kappa shape index (κ1) is 62.1. The highest BCUT2D eigenvalue weighted by Crippen LogP contribution is 2.35. The van der Waals surface area contributed by atoms with Crippen molar-refractivity contribution in [2.75, 3.05) is 75.0 Å². The van der Waals surface area contributed by atoms with E-state index in [-0.39, 0.29) is 30.1 Å². The predicted molar refractivity (Wildman–Crippen MR) is 341 cm³/mol. The Hall–Kier alpha value is -9.68. The van der Waals surface area contributed by atoms with Crippen LogP contribution in [-0.4, -0.2) is 182 Å². The van der Waals surface area contributed by atoms with Crippen LogP contribution < -0.4 is 16.0 Å². The van der Waals surface area contributed by atoms with Crippen LogP contribution in [0.5, 0.6) is 0 Å². The molecule has 2 atom stereocenters. The average molecular weight is 1270 g/mol. The zero-order valence-electron chi connectivity index (χ0n) is 53.9. The Labute approximate surface area is 536 Å². The summed E-state index contributed by atoms with van der Waals surface area (Å²) in [6.07, 6.45) is 13.4. The minimum Gasteiger partial charge on any atom is -0.444 e. The van der Waals surface area contributed by atoms with Gasteiger partial charge >= 0.3 is 18.3 Å². The third-order valence-corrected chi connectivity index (χ3v) is 16.2. The maximum absolute atomic E-state index is 12.5. The van der Waals surface area contributed by atoms with Gasteiger partial charge in [0, 0.05) is 87.9 Å². The molecular weight excluding hydrogens is 1190 g/mol. The molecule has 3 N–H and O–H groups in total. The van der Waals surface area contributed by atoms with Gasteiger partial charge in [0.2, 0.25) is 0 Å².